The van der Waals surface area contributed by atoms with E-state index < -0.39 is 10.5 Å². The first-order valence-electron chi connectivity index (χ1n) is 10.9. The Kier molecular flexibility index (Phi) is 7.03. The highest BCUT2D eigenvalue weighted by Gasteiger charge is 2.27. The molecule has 32 heavy (non-hydrogen) atoms. The van der Waals surface area contributed by atoms with Gasteiger partial charge in [0.15, 0.2) is 0 Å². The normalized spacial score (nSPS) is 14.8. The van der Waals surface area contributed by atoms with Gasteiger partial charge in [-0.3, -0.25) is 14.9 Å². The number of amides is 1. The van der Waals surface area contributed by atoms with E-state index in [1.807, 2.05) is 31.2 Å². The molecule has 0 saturated carbocycles. The summed E-state index contributed by atoms with van der Waals surface area (Å²) in [6, 6.07) is 10.4. The molecule has 1 amide bonds. The van der Waals surface area contributed by atoms with Crippen molar-refractivity contribution in [2.75, 3.05) is 35.2 Å². The Labute approximate surface area is 188 Å². The van der Waals surface area contributed by atoms with Gasteiger partial charge in [-0.2, -0.15) is 0 Å². The first-order valence-corrected chi connectivity index (χ1v) is 10.9. The van der Waals surface area contributed by atoms with E-state index in [-0.39, 0.29) is 29.4 Å². The van der Waals surface area contributed by atoms with E-state index in [2.05, 4.69) is 22.5 Å². The first kappa shape index (κ1) is 23.5. The molecule has 0 unspecified atom stereocenters. The van der Waals surface area contributed by atoms with Crippen molar-refractivity contribution in [2.45, 2.75) is 46.1 Å². The third-order valence-corrected chi connectivity index (χ3v) is 5.70. The Morgan fingerprint density at radius 1 is 1.22 bits per heavy atom. The molecule has 1 heterocycles. The van der Waals surface area contributed by atoms with E-state index in [1.54, 1.807) is 19.9 Å². The Hall–Kier alpha value is -3.13. The fourth-order valence-electron chi connectivity index (χ4n) is 3.71. The van der Waals surface area contributed by atoms with Gasteiger partial charge in [0.25, 0.3) is 11.6 Å². The van der Waals surface area contributed by atoms with Crippen molar-refractivity contribution in [3.8, 4) is 0 Å². The molecule has 0 spiro atoms. The van der Waals surface area contributed by atoms with Gasteiger partial charge in [-0.15, -0.1) is 0 Å². The molecule has 1 saturated heterocycles. The predicted molar refractivity (Wildman–Crippen MR) is 128 cm³/mol. The molecule has 0 atom stereocenters. The van der Waals surface area contributed by atoms with Gasteiger partial charge in [-0.1, -0.05) is 24.6 Å². The number of nitro groups is 1. The fourth-order valence-corrected chi connectivity index (χ4v) is 3.71. The number of nitrogens with zero attached hydrogens (tertiary/aromatic N) is 2. The van der Waals surface area contributed by atoms with Crippen molar-refractivity contribution < 1.29 is 14.8 Å². The third kappa shape index (κ3) is 5.97. The van der Waals surface area contributed by atoms with Gasteiger partial charge in [0.05, 0.1) is 21.8 Å². The van der Waals surface area contributed by atoms with Crippen LogP contribution in [0.5, 0.6) is 0 Å². The number of carbonyl (C=O) groups excluding carboxylic acids is 1. The molecule has 172 valence electrons. The van der Waals surface area contributed by atoms with Crippen molar-refractivity contribution in [1.82, 2.24) is 0 Å². The van der Waals surface area contributed by atoms with Crippen molar-refractivity contribution in [3.63, 3.8) is 0 Å². The van der Waals surface area contributed by atoms with Gasteiger partial charge < -0.3 is 20.6 Å². The molecule has 0 radical (unpaired) electrons. The summed E-state index contributed by atoms with van der Waals surface area (Å²) < 4.78 is 0. The number of aliphatic hydroxyl groups is 1. The summed E-state index contributed by atoms with van der Waals surface area (Å²) in [6.07, 6.45) is 1.98. The highest BCUT2D eigenvalue weighted by molar-refractivity contribution is 6.09. The Bertz CT molecular complexity index is 975. The monoisotopic (exact) mass is 440 g/mol. The fraction of sp³-hybridized carbons (Fsp3) is 0.458. The van der Waals surface area contributed by atoms with Crippen LogP contribution in [-0.4, -0.2) is 41.2 Å². The number of carbonyl (C=O) groups is 1. The molecular weight excluding hydrogens is 408 g/mol. The van der Waals surface area contributed by atoms with Gasteiger partial charge in [-0.25, -0.2) is 0 Å². The van der Waals surface area contributed by atoms with Gasteiger partial charge >= 0.3 is 0 Å². The van der Waals surface area contributed by atoms with E-state index in [1.165, 1.54) is 6.07 Å². The van der Waals surface area contributed by atoms with Gasteiger partial charge in [-0.05, 0) is 57.7 Å². The lowest BCUT2D eigenvalue weighted by Gasteiger charge is -2.33. The second-order valence-corrected chi connectivity index (χ2v) is 9.30. The highest BCUT2D eigenvalue weighted by Crippen LogP contribution is 2.36. The smallest absolute Gasteiger partial charge is 0.293 e. The summed E-state index contributed by atoms with van der Waals surface area (Å²) >= 11 is 0. The molecule has 1 aliphatic heterocycles. The minimum atomic E-state index is -1.05. The molecule has 0 aromatic heterocycles. The SMILES string of the molecule is Cc1ccc(NC(=O)c2cc([N+](=O)[O-])c(NCC(C)(C)O)cc2N2CCC(C)CC2)cc1. The Balaban J connectivity index is 2.02. The van der Waals surface area contributed by atoms with Crippen molar-refractivity contribution in [3.05, 3.63) is 57.6 Å². The van der Waals surface area contributed by atoms with E-state index in [0.29, 0.717) is 17.3 Å². The molecule has 1 fully saturated rings. The number of hydrogen-bond acceptors (Lipinski definition) is 6. The zero-order valence-corrected chi connectivity index (χ0v) is 19.1. The number of nitrogens with one attached hydrogen (secondary N) is 2. The van der Waals surface area contributed by atoms with Crippen LogP contribution in [-0.2, 0) is 0 Å². The molecule has 3 N–H and O–H groups in total. The van der Waals surface area contributed by atoms with Gasteiger partial charge in [0.1, 0.15) is 5.69 Å². The van der Waals surface area contributed by atoms with Crippen molar-refractivity contribution >= 4 is 28.7 Å². The molecular formula is C24H32N4O4. The average molecular weight is 441 g/mol. The topological polar surface area (TPSA) is 108 Å². The molecule has 0 bridgehead atoms. The van der Waals surface area contributed by atoms with Crippen LogP contribution in [0.2, 0.25) is 0 Å². The molecule has 3 rings (SSSR count). The standard InChI is InChI=1S/C24H32N4O4/c1-16-5-7-18(8-6-16)26-23(29)19-13-22(28(31)32)20(25-15-24(3,4)30)14-21(19)27-11-9-17(2)10-12-27/h5-8,13-14,17,25,30H,9-12,15H2,1-4H3,(H,26,29). The van der Waals surface area contributed by atoms with Crippen LogP contribution in [0.25, 0.3) is 0 Å². The summed E-state index contributed by atoms with van der Waals surface area (Å²) in [6.45, 7) is 9.10. The van der Waals surface area contributed by atoms with E-state index in [0.717, 1.165) is 31.5 Å². The number of anilines is 3. The summed E-state index contributed by atoms with van der Waals surface area (Å²) in [5.74, 6) is 0.210. The van der Waals surface area contributed by atoms with Gasteiger partial charge in [0.2, 0.25) is 0 Å². The van der Waals surface area contributed by atoms with Crippen LogP contribution in [0, 0.1) is 23.0 Å². The second-order valence-electron chi connectivity index (χ2n) is 9.30. The van der Waals surface area contributed by atoms with Crippen LogP contribution >= 0.6 is 0 Å². The van der Waals surface area contributed by atoms with Crippen LogP contribution < -0.4 is 15.5 Å². The average Bonchev–Trinajstić information content (AvgIpc) is 2.73. The number of aryl methyl sites for hydroxylation is 1. The van der Waals surface area contributed by atoms with E-state index in [9.17, 15) is 20.0 Å². The maximum atomic E-state index is 13.2. The summed E-state index contributed by atoms with van der Waals surface area (Å²) in [5.41, 5.74) is 1.67. The molecule has 0 aliphatic carbocycles. The molecule has 2 aromatic carbocycles. The minimum absolute atomic E-state index is 0.138. The zero-order chi connectivity index (χ0) is 23.5. The van der Waals surface area contributed by atoms with Crippen molar-refractivity contribution in [1.29, 1.82) is 0 Å². The van der Waals surface area contributed by atoms with Crippen LogP contribution in [0.1, 0.15) is 49.5 Å². The summed E-state index contributed by atoms with van der Waals surface area (Å²) in [7, 11) is 0. The van der Waals surface area contributed by atoms with E-state index >= 15 is 0 Å². The highest BCUT2D eigenvalue weighted by atomic mass is 16.6. The maximum Gasteiger partial charge on any atom is 0.293 e. The molecule has 8 nitrogen and oxygen atoms in total. The number of rotatable bonds is 7. The van der Waals surface area contributed by atoms with Crippen LogP contribution in [0.3, 0.4) is 0 Å². The number of piperidine rings is 1. The third-order valence-electron chi connectivity index (χ3n) is 5.70. The van der Waals surface area contributed by atoms with Crippen molar-refractivity contribution in [2.24, 2.45) is 5.92 Å². The maximum absolute atomic E-state index is 13.2. The lowest BCUT2D eigenvalue weighted by Crippen LogP contribution is -2.34. The van der Waals surface area contributed by atoms with Crippen LogP contribution in [0.15, 0.2) is 36.4 Å². The Morgan fingerprint density at radius 3 is 2.41 bits per heavy atom. The largest absolute Gasteiger partial charge is 0.389 e. The second kappa shape index (κ2) is 9.56. The summed E-state index contributed by atoms with van der Waals surface area (Å²) in [5, 5.41) is 27.7. The van der Waals surface area contributed by atoms with Gasteiger partial charge in [0, 0.05) is 31.4 Å². The first-order chi connectivity index (χ1) is 15.0. The summed E-state index contributed by atoms with van der Waals surface area (Å²) in [4.78, 5) is 26.6. The minimum Gasteiger partial charge on any atom is -0.389 e. The number of hydrogen-bond donors (Lipinski definition) is 3. The molecule has 2 aromatic rings. The molecule has 8 heteroatoms. The number of benzene rings is 2. The lowest BCUT2D eigenvalue weighted by atomic mass is 9.97. The zero-order valence-electron chi connectivity index (χ0n) is 19.1. The molecule has 1 aliphatic rings. The lowest BCUT2D eigenvalue weighted by molar-refractivity contribution is -0.384. The quantitative estimate of drug-likeness (QED) is 0.430. The Morgan fingerprint density at radius 2 is 1.84 bits per heavy atom. The number of nitro benzene ring substituents is 1. The van der Waals surface area contributed by atoms with E-state index in [4.69, 9.17) is 0 Å². The predicted octanol–water partition coefficient (Wildman–Crippen LogP) is 4.57. The van der Waals surface area contributed by atoms with Crippen LogP contribution in [0.4, 0.5) is 22.7 Å².